The third kappa shape index (κ3) is 3.20. The summed E-state index contributed by atoms with van der Waals surface area (Å²) in [6, 6.07) is 14.9. The molecule has 0 fully saturated rings. The minimum Gasteiger partial charge on any atom is -0.493 e. The predicted octanol–water partition coefficient (Wildman–Crippen LogP) is 5.12. The summed E-state index contributed by atoms with van der Waals surface area (Å²) in [5, 5.41) is 10.4. The number of hydrogen-bond donors (Lipinski definition) is 1. The number of rotatable bonds is 5. The molecule has 0 atom stereocenters. The topological polar surface area (TPSA) is 59.4 Å². The number of carboxylic acid groups (broad SMARTS) is 1. The van der Waals surface area contributed by atoms with E-state index in [1.807, 2.05) is 49.4 Å². The highest BCUT2D eigenvalue weighted by molar-refractivity contribution is 6.04. The summed E-state index contributed by atoms with van der Waals surface area (Å²) >= 11 is 0. The zero-order valence-electron chi connectivity index (χ0n) is 14.6. The van der Waals surface area contributed by atoms with E-state index in [1.54, 1.807) is 6.07 Å². The number of aromatic carboxylic acids is 1. The summed E-state index contributed by atoms with van der Waals surface area (Å²) in [5.74, 6) is -0.00565. The zero-order valence-corrected chi connectivity index (χ0v) is 14.6. The fourth-order valence-electron chi connectivity index (χ4n) is 3.01. The Morgan fingerprint density at radius 3 is 2.60 bits per heavy atom. The second-order valence-electron chi connectivity index (χ2n) is 6.19. The molecular formula is C21H21NO3. The third-order valence-corrected chi connectivity index (χ3v) is 4.19. The van der Waals surface area contributed by atoms with Crippen molar-refractivity contribution >= 4 is 16.9 Å². The molecule has 0 radical (unpaired) electrons. The van der Waals surface area contributed by atoms with Crippen molar-refractivity contribution in [1.29, 1.82) is 0 Å². The fraction of sp³-hybridized carbons (Fsp3) is 0.238. The molecule has 3 rings (SSSR count). The van der Waals surface area contributed by atoms with Gasteiger partial charge in [0.15, 0.2) is 0 Å². The van der Waals surface area contributed by atoms with E-state index in [0.29, 0.717) is 23.4 Å². The maximum atomic E-state index is 11.8. The predicted molar refractivity (Wildman–Crippen MR) is 99.4 cm³/mol. The Hall–Kier alpha value is -2.88. The molecule has 2 aromatic carbocycles. The smallest absolute Gasteiger partial charge is 0.336 e. The standard InChI is InChI=1S/C21H21NO3/c1-4-25-19-11-6-5-8-16(19)18-12-17(21(23)24)15-10-7-9-14(13(2)3)20(15)22-18/h5-13H,4H2,1-3H3,(H,23,24). The van der Waals surface area contributed by atoms with Gasteiger partial charge in [0.05, 0.1) is 23.4 Å². The first kappa shape index (κ1) is 17.0. The molecule has 1 N–H and O–H groups in total. The Morgan fingerprint density at radius 2 is 1.92 bits per heavy atom. The van der Waals surface area contributed by atoms with Gasteiger partial charge in [-0.2, -0.15) is 0 Å². The van der Waals surface area contributed by atoms with Crippen LogP contribution in [0.4, 0.5) is 0 Å². The van der Waals surface area contributed by atoms with Crippen molar-refractivity contribution in [3.05, 3.63) is 59.7 Å². The van der Waals surface area contributed by atoms with Gasteiger partial charge in [-0.15, -0.1) is 0 Å². The molecule has 4 heteroatoms. The lowest BCUT2D eigenvalue weighted by molar-refractivity contribution is 0.0699. The Bertz CT molecular complexity index is 932. The van der Waals surface area contributed by atoms with Crippen LogP contribution in [-0.4, -0.2) is 22.7 Å². The maximum absolute atomic E-state index is 11.8. The normalized spacial score (nSPS) is 11.0. The van der Waals surface area contributed by atoms with Gasteiger partial charge in [0.2, 0.25) is 0 Å². The van der Waals surface area contributed by atoms with E-state index in [0.717, 1.165) is 16.6 Å². The average Bonchev–Trinajstić information content (AvgIpc) is 2.60. The van der Waals surface area contributed by atoms with Gasteiger partial charge in [-0.25, -0.2) is 9.78 Å². The van der Waals surface area contributed by atoms with Gasteiger partial charge >= 0.3 is 5.97 Å². The minimum atomic E-state index is -0.955. The number of benzene rings is 2. The molecule has 0 spiro atoms. The second kappa shape index (κ2) is 6.93. The van der Waals surface area contributed by atoms with Gasteiger partial charge in [-0.1, -0.05) is 44.2 Å². The van der Waals surface area contributed by atoms with Crippen molar-refractivity contribution in [3.63, 3.8) is 0 Å². The van der Waals surface area contributed by atoms with Crippen LogP contribution in [0, 0.1) is 0 Å². The van der Waals surface area contributed by atoms with Gasteiger partial charge < -0.3 is 9.84 Å². The number of carboxylic acids is 1. The summed E-state index contributed by atoms with van der Waals surface area (Å²) in [6.07, 6.45) is 0. The summed E-state index contributed by atoms with van der Waals surface area (Å²) in [7, 11) is 0. The largest absolute Gasteiger partial charge is 0.493 e. The van der Waals surface area contributed by atoms with E-state index in [2.05, 4.69) is 13.8 Å². The van der Waals surface area contributed by atoms with Crippen molar-refractivity contribution in [1.82, 2.24) is 4.98 Å². The van der Waals surface area contributed by atoms with Gasteiger partial charge in [0.1, 0.15) is 5.75 Å². The summed E-state index contributed by atoms with van der Waals surface area (Å²) in [4.78, 5) is 16.6. The average molecular weight is 335 g/mol. The molecule has 1 heterocycles. The molecule has 0 aliphatic carbocycles. The molecule has 128 valence electrons. The lowest BCUT2D eigenvalue weighted by atomic mass is 9.96. The second-order valence-corrected chi connectivity index (χ2v) is 6.19. The van der Waals surface area contributed by atoms with Crippen molar-refractivity contribution in [2.24, 2.45) is 0 Å². The molecule has 3 aromatic rings. The Balaban J connectivity index is 2.34. The summed E-state index contributed by atoms with van der Waals surface area (Å²) in [5.41, 5.74) is 3.44. The number of pyridine rings is 1. The van der Waals surface area contributed by atoms with E-state index in [9.17, 15) is 9.90 Å². The molecular weight excluding hydrogens is 314 g/mol. The van der Waals surface area contributed by atoms with Crippen LogP contribution in [0.15, 0.2) is 48.5 Å². The fourth-order valence-corrected chi connectivity index (χ4v) is 3.01. The monoisotopic (exact) mass is 335 g/mol. The van der Waals surface area contributed by atoms with Crippen LogP contribution < -0.4 is 4.74 Å². The van der Waals surface area contributed by atoms with Crippen LogP contribution in [0.3, 0.4) is 0 Å². The quantitative estimate of drug-likeness (QED) is 0.703. The van der Waals surface area contributed by atoms with Crippen LogP contribution >= 0.6 is 0 Å². The van der Waals surface area contributed by atoms with Crippen LogP contribution in [0.2, 0.25) is 0 Å². The molecule has 0 aliphatic rings. The Morgan fingerprint density at radius 1 is 1.16 bits per heavy atom. The summed E-state index contributed by atoms with van der Waals surface area (Å²) in [6.45, 7) is 6.62. The molecule has 0 amide bonds. The first-order valence-electron chi connectivity index (χ1n) is 8.42. The van der Waals surface area contributed by atoms with Crippen LogP contribution in [0.5, 0.6) is 5.75 Å². The zero-order chi connectivity index (χ0) is 18.0. The van der Waals surface area contributed by atoms with Crippen molar-refractivity contribution < 1.29 is 14.6 Å². The molecule has 1 aromatic heterocycles. The van der Waals surface area contributed by atoms with Gasteiger partial charge in [-0.3, -0.25) is 0 Å². The number of hydrogen-bond acceptors (Lipinski definition) is 3. The molecule has 4 nitrogen and oxygen atoms in total. The molecule has 0 saturated heterocycles. The maximum Gasteiger partial charge on any atom is 0.336 e. The lowest BCUT2D eigenvalue weighted by Crippen LogP contribution is -2.03. The first-order valence-corrected chi connectivity index (χ1v) is 8.42. The number of nitrogens with zero attached hydrogens (tertiary/aromatic N) is 1. The van der Waals surface area contributed by atoms with Crippen LogP contribution in [0.25, 0.3) is 22.2 Å². The van der Waals surface area contributed by atoms with E-state index in [-0.39, 0.29) is 11.5 Å². The van der Waals surface area contributed by atoms with E-state index >= 15 is 0 Å². The molecule has 0 unspecified atom stereocenters. The highest BCUT2D eigenvalue weighted by Gasteiger charge is 2.17. The van der Waals surface area contributed by atoms with E-state index in [4.69, 9.17) is 9.72 Å². The lowest BCUT2D eigenvalue weighted by Gasteiger charge is -2.14. The number of ether oxygens (including phenoxy) is 1. The minimum absolute atomic E-state index is 0.246. The molecule has 25 heavy (non-hydrogen) atoms. The number of para-hydroxylation sites is 2. The van der Waals surface area contributed by atoms with Crippen LogP contribution in [-0.2, 0) is 0 Å². The Kier molecular flexibility index (Phi) is 4.70. The van der Waals surface area contributed by atoms with E-state index < -0.39 is 5.97 Å². The first-order chi connectivity index (χ1) is 12.0. The Labute approximate surface area is 147 Å². The van der Waals surface area contributed by atoms with Crippen molar-refractivity contribution in [3.8, 4) is 17.0 Å². The molecule has 0 aliphatic heterocycles. The SMILES string of the molecule is CCOc1ccccc1-c1cc(C(=O)O)c2cccc(C(C)C)c2n1. The van der Waals surface area contributed by atoms with E-state index in [1.165, 1.54) is 0 Å². The van der Waals surface area contributed by atoms with Gasteiger partial charge in [0, 0.05) is 10.9 Å². The van der Waals surface area contributed by atoms with Crippen molar-refractivity contribution in [2.45, 2.75) is 26.7 Å². The molecule has 0 bridgehead atoms. The van der Waals surface area contributed by atoms with Gasteiger partial charge in [0.25, 0.3) is 0 Å². The number of carbonyl (C=O) groups is 1. The molecule has 0 saturated carbocycles. The third-order valence-electron chi connectivity index (χ3n) is 4.19. The summed E-state index contributed by atoms with van der Waals surface area (Å²) < 4.78 is 5.69. The van der Waals surface area contributed by atoms with Gasteiger partial charge in [-0.05, 0) is 36.6 Å². The van der Waals surface area contributed by atoms with Crippen LogP contribution in [0.1, 0.15) is 42.6 Å². The number of aromatic nitrogens is 1. The van der Waals surface area contributed by atoms with Crippen molar-refractivity contribution in [2.75, 3.05) is 6.61 Å². The number of fused-ring (bicyclic) bond motifs is 1. The highest BCUT2D eigenvalue weighted by Crippen LogP contribution is 2.33. The highest BCUT2D eigenvalue weighted by atomic mass is 16.5.